The first kappa shape index (κ1) is 15.8. The molecule has 0 atom stereocenters. The lowest BCUT2D eigenvalue weighted by molar-refractivity contribution is 0.764. The number of aromatic amines is 1. The fraction of sp³-hybridized carbons (Fsp3) is 0.200. The van der Waals surface area contributed by atoms with Gasteiger partial charge in [0.05, 0.1) is 16.4 Å². The molecule has 5 heteroatoms. The van der Waals surface area contributed by atoms with Crippen LogP contribution in [0.4, 0.5) is 0 Å². The number of aromatic nitrogens is 2. The highest BCUT2D eigenvalue weighted by atomic mass is 32.1. The molecule has 0 aliphatic heterocycles. The maximum atomic E-state index is 13.3. The predicted molar refractivity (Wildman–Crippen MR) is 104 cm³/mol. The van der Waals surface area contributed by atoms with Gasteiger partial charge in [-0.3, -0.25) is 14.2 Å². The van der Waals surface area contributed by atoms with Crippen LogP contribution in [0.15, 0.2) is 51.4 Å². The van der Waals surface area contributed by atoms with E-state index in [0.29, 0.717) is 10.9 Å². The number of aryl methyl sites for hydroxylation is 1. The molecule has 0 saturated heterocycles. The Kier molecular flexibility index (Phi) is 3.62. The van der Waals surface area contributed by atoms with E-state index in [1.54, 1.807) is 4.57 Å². The number of pyridine rings is 2. The molecule has 0 spiro atoms. The summed E-state index contributed by atoms with van der Waals surface area (Å²) in [5.41, 5.74) is 2.64. The quantitative estimate of drug-likeness (QED) is 0.585. The molecule has 0 aliphatic rings. The highest BCUT2D eigenvalue weighted by Crippen LogP contribution is 2.25. The van der Waals surface area contributed by atoms with Gasteiger partial charge in [-0.1, -0.05) is 32.0 Å². The second-order valence-electron chi connectivity index (χ2n) is 6.52. The molecule has 4 aromatic rings. The molecule has 0 amide bonds. The van der Waals surface area contributed by atoms with Crippen LogP contribution in [0.1, 0.15) is 30.3 Å². The van der Waals surface area contributed by atoms with E-state index in [-0.39, 0.29) is 22.3 Å². The van der Waals surface area contributed by atoms with E-state index in [1.165, 1.54) is 11.3 Å². The fourth-order valence-corrected chi connectivity index (χ4v) is 4.06. The van der Waals surface area contributed by atoms with Gasteiger partial charge in [0, 0.05) is 21.6 Å². The van der Waals surface area contributed by atoms with Gasteiger partial charge in [-0.25, -0.2) is 0 Å². The smallest absolute Gasteiger partial charge is 0.268 e. The van der Waals surface area contributed by atoms with Crippen molar-refractivity contribution in [3.8, 4) is 5.69 Å². The summed E-state index contributed by atoms with van der Waals surface area (Å²) in [4.78, 5) is 30.6. The van der Waals surface area contributed by atoms with Gasteiger partial charge in [-0.2, -0.15) is 0 Å². The molecule has 4 nitrogen and oxygen atoms in total. The van der Waals surface area contributed by atoms with Gasteiger partial charge in [0.1, 0.15) is 5.39 Å². The highest BCUT2D eigenvalue weighted by Gasteiger charge is 2.18. The van der Waals surface area contributed by atoms with Crippen LogP contribution in [0.5, 0.6) is 0 Å². The van der Waals surface area contributed by atoms with Crippen molar-refractivity contribution >= 4 is 33.1 Å². The lowest BCUT2D eigenvalue weighted by Crippen LogP contribution is -2.27. The van der Waals surface area contributed by atoms with Crippen molar-refractivity contribution in [3.05, 3.63) is 72.9 Å². The van der Waals surface area contributed by atoms with Crippen LogP contribution < -0.4 is 11.0 Å². The van der Waals surface area contributed by atoms with Crippen molar-refractivity contribution in [2.75, 3.05) is 0 Å². The van der Waals surface area contributed by atoms with Gasteiger partial charge in [0.2, 0.25) is 5.43 Å². The Bertz CT molecular complexity index is 1210. The topological polar surface area (TPSA) is 54.9 Å². The number of hydrogen-bond donors (Lipinski definition) is 1. The molecule has 0 aliphatic carbocycles. The second kappa shape index (κ2) is 5.70. The second-order valence-corrected chi connectivity index (χ2v) is 7.61. The van der Waals surface area contributed by atoms with E-state index in [9.17, 15) is 9.59 Å². The molecular weight excluding hydrogens is 332 g/mol. The lowest BCUT2D eigenvalue weighted by atomic mass is 10.1. The molecule has 25 heavy (non-hydrogen) atoms. The molecule has 0 fully saturated rings. The number of nitrogens with one attached hydrogen (secondary N) is 1. The van der Waals surface area contributed by atoms with Crippen LogP contribution in [0, 0.1) is 6.92 Å². The van der Waals surface area contributed by atoms with Crippen LogP contribution in [-0.4, -0.2) is 9.55 Å². The molecule has 1 N–H and O–H groups in total. The van der Waals surface area contributed by atoms with Crippen LogP contribution >= 0.6 is 11.3 Å². The van der Waals surface area contributed by atoms with Crippen molar-refractivity contribution in [1.29, 1.82) is 0 Å². The molecule has 3 aromatic heterocycles. The first-order chi connectivity index (χ1) is 12.0. The molecule has 1 aromatic carbocycles. The number of nitrogens with zero attached hydrogens (tertiary/aromatic N) is 1. The minimum Gasteiger partial charge on any atom is -0.353 e. The summed E-state index contributed by atoms with van der Waals surface area (Å²) >= 11 is 1.52. The number of H-pyrrole nitrogens is 1. The Labute approximate surface area is 148 Å². The third-order valence-corrected chi connectivity index (χ3v) is 5.46. The normalized spacial score (nSPS) is 11.7. The Morgan fingerprint density at radius 3 is 2.52 bits per heavy atom. The van der Waals surface area contributed by atoms with E-state index in [0.717, 1.165) is 21.8 Å². The van der Waals surface area contributed by atoms with Crippen LogP contribution in [0.25, 0.3) is 27.5 Å². The van der Waals surface area contributed by atoms with E-state index in [2.05, 4.69) is 4.98 Å². The Balaban J connectivity index is 2.23. The molecule has 3 heterocycles. The van der Waals surface area contributed by atoms with Gasteiger partial charge in [-0.05, 0) is 31.0 Å². The Morgan fingerprint density at radius 2 is 1.84 bits per heavy atom. The largest absolute Gasteiger partial charge is 0.353 e. The first-order valence-electron chi connectivity index (χ1n) is 8.24. The Hall–Kier alpha value is -2.66. The maximum Gasteiger partial charge on any atom is 0.268 e. The summed E-state index contributed by atoms with van der Waals surface area (Å²) in [5.74, 6) is 0.139. The number of hydrogen-bond acceptors (Lipinski definition) is 3. The summed E-state index contributed by atoms with van der Waals surface area (Å²) in [6.07, 6.45) is 0. The van der Waals surface area contributed by atoms with E-state index < -0.39 is 0 Å². The maximum absolute atomic E-state index is 13.3. The first-order valence-corrected chi connectivity index (χ1v) is 9.12. The van der Waals surface area contributed by atoms with E-state index >= 15 is 0 Å². The summed E-state index contributed by atoms with van der Waals surface area (Å²) in [7, 11) is 0. The van der Waals surface area contributed by atoms with Crippen molar-refractivity contribution in [3.63, 3.8) is 0 Å². The number of benzene rings is 1. The fourth-order valence-electron chi connectivity index (χ4n) is 3.26. The monoisotopic (exact) mass is 350 g/mol. The van der Waals surface area contributed by atoms with Crippen molar-refractivity contribution in [2.45, 2.75) is 26.7 Å². The standard InChI is InChI=1S/C20H18N2O2S/c1-11(2)16-9-15-17(19(23)14-10-25-12(3)18(14)21-15)20(24)22(16)13-7-5-4-6-8-13/h4-11,21H,1-3H3. The van der Waals surface area contributed by atoms with Crippen molar-refractivity contribution < 1.29 is 0 Å². The third kappa shape index (κ3) is 2.35. The van der Waals surface area contributed by atoms with Gasteiger partial charge in [0.25, 0.3) is 5.56 Å². The van der Waals surface area contributed by atoms with Gasteiger partial charge >= 0.3 is 0 Å². The number of para-hydroxylation sites is 1. The van der Waals surface area contributed by atoms with Gasteiger partial charge < -0.3 is 4.98 Å². The van der Waals surface area contributed by atoms with E-state index in [4.69, 9.17) is 0 Å². The van der Waals surface area contributed by atoms with Crippen LogP contribution in [-0.2, 0) is 0 Å². The number of rotatable bonds is 2. The van der Waals surface area contributed by atoms with Crippen molar-refractivity contribution in [2.24, 2.45) is 0 Å². The summed E-state index contributed by atoms with van der Waals surface area (Å²) in [5, 5.41) is 2.63. The highest BCUT2D eigenvalue weighted by molar-refractivity contribution is 7.11. The van der Waals surface area contributed by atoms with E-state index in [1.807, 2.05) is 62.5 Å². The third-order valence-electron chi connectivity index (χ3n) is 4.55. The molecular formula is C20H18N2O2S. The van der Waals surface area contributed by atoms with Crippen LogP contribution in [0.3, 0.4) is 0 Å². The van der Waals surface area contributed by atoms with Crippen LogP contribution in [0.2, 0.25) is 0 Å². The lowest BCUT2D eigenvalue weighted by Gasteiger charge is -2.17. The summed E-state index contributed by atoms with van der Waals surface area (Å²) in [6.45, 7) is 6.07. The number of thiophene rings is 1. The summed E-state index contributed by atoms with van der Waals surface area (Å²) in [6, 6.07) is 11.4. The molecule has 0 bridgehead atoms. The minimum absolute atomic E-state index is 0.139. The molecule has 4 rings (SSSR count). The average molecular weight is 350 g/mol. The van der Waals surface area contributed by atoms with Gasteiger partial charge in [0.15, 0.2) is 0 Å². The average Bonchev–Trinajstić information content (AvgIpc) is 2.96. The Morgan fingerprint density at radius 1 is 1.12 bits per heavy atom. The minimum atomic E-state index is -0.264. The molecule has 0 unspecified atom stereocenters. The SMILES string of the molecule is Cc1scc2c(=O)c3c(=O)n(-c4ccccc4)c(C(C)C)cc3[nH]c12. The number of fused-ring (bicyclic) bond motifs is 2. The van der Waals surface area contributed by atoms with Gasteiger partial charge in [-0.15, -0.1) is 11.3 Å². The molecule has 0 radical (unpaired) electrons. The predicted octanol–water partition coefficient (Wildman–Crippen LogP) is 4.33. The zero-order valence-electron chi connectivity index (χ0n) is 14.3. The summed E-state index contributed by atoms with van der Waals surface area (Å²) < 4.78 is 1.66. The zero-order valence-corrected chi connectivity index (χ0v) is 15.1. The van der Waals surface area contributed by atoms with Crippen molar-refractivity contribution in [1.82, 2.24) is 9.55 Å². The molecule has 126 valence electrons. The molecule has 0 saturated carbocycles. The zero-order chi connectivity index (χ0) is 17.7.